The zero-order valence-corrected chi connectivity index (χ0v) is 13.2. The molecule has 4 nitrogen and oxygen atoms in total. The third-order valence-corrected chi connectivity index (χ3v) is 4.27. The molecule has 1 aromatic heterocycles. The summed E-state index contributed by atoms with van der Waals surface area (Å²) in [5.74, 6) is 0.813. The second kappa shape index (κ2) is 6.12. The van der Waals surface area contributed by atoms with Gasteiger partial charge in [0.15, 0.2) is 5.16 Å². The Labute approximate surface area is 133 Å². The Morgan fingerprint density at radius 3 is 2.59 bits per heavy atom. The van der Waals surface area contributed by atoms with Gasteiger partial charge in [0.2, 0.25) is 0 Å². The molecule has 0 saturated heterocycles. The van der Waals surface area contributed by atoms with E-state index in [9.17, 15) is 0 Å². The van der Waals surface area contributed by atoms with Crippen LogP contribution >= 0.6 is 11.8 Å². The predicted octanol–water partition coefficient (Wildman–Crippen LogP) is 4.04. The van der Waals surface area contributed by atoms with Crippen LogP contribution in [0.25, 0.3) is 16.7 Å². The molecule has 0 saturated carbocycles. The van der Waals surface area contributed by atoms with Gasteiger partial charge in [-0.2, -0.15) is 5.26 Å². The summed E-state index contributed by atoms with van der Waals surface area (Å²) in [6, 6.07) is 18.1. The molecule has 0 bridgehead atoms. The smallest absolute Gasteiger partial charge is 0.174 e. The van der Waals surface area contributed by atoms with Crippen LogP contribution < -0.4 is 4.74 Å². The fraction of sp³-hybridized carbons (Fsp3) is 0.176. The number of ether oxygens (including phenoxy) is 1. The zero-order valence-electron chi connectivity index (χ0n) is 12.4. The number of nitriles is 1. The highest BCUT2D eigenvalue weighted by Crippen LogP contribution is 2.30. The molecule has 1 atom stereocenters. The van der Waals surface area contributed by atoms with Gasteiger partial charge in [0.1, 0.15) is 5.75 Å². The van der Waals surface area contributed by atoms with Crippen LogP contribution in [0.4, 0.5) is 0 Å². The third kappa shape index (κ3) is 2.66. The van der Waals surface area contributed by atoms with Gasteiger partial charge in [-0.1, -0.05) is 23.9 Å². The number of hydrogen-bond acceptors (Lipinski definition) is 4. The number of para-hydroxylation sites is 2. The zero-order chi connectivity index (χ0) is 15.5. The quantitative estimate of drug-likeness (QED) is 0.683. The summed E-state index contributed by atoms with van der Waals surface area (Å²) in [5, 5.41) is 9.74. The van der Waals surface area contributed by atoms with E-state index >= 15 is 0 Å². The second-order valence-corrected chi connectivity index (χ2v) is 6.11. The lowest BCUT2D eigenvalue weighted by molar-refractivity contribution is 0.414. The molecule has 5 heteroatoms. The number of benzene rings is 2. The molecule has 110 valence electrons. The molecule has 3 aromatic rings. The summed E-state index contributed by atoms with van der Waals surface area (Å²) < 4.78 is 7.29. The highest BCUT2D eigenvalue weighted by atomic mass is 32.2. The molecule has 0 aliphatic carbocycles. The van der Waals surface area contributed by atoms with Gasteiger partial charge in [-0.15, -0.1) is 0 Å². The van der Waals surface area contributed by atoms with Crippen molar-refractivity contribution in [2.24, 2.45) is 0 Å². The van der Waals surface area contributed by atoms with E-state index in [-0.39, 0.29) is 5.25 Å². The largest absolute Gasteiger partial charge is 0.497 e. The number of hydrogen-bond donors (Lipinski definition) is 0. The standard InChI is InChI=1S/C17H15N3OS/c1-12(11-18)22-17-19-15-5-3-4-6-16(15)20(17)13-7-9-14(21-2)10-8-13/h3-10,12H,1-2H3/t12-/m0/s1. The van der Waals surface area contributed by atoms with Crippen molar-refractivity contribution in [3.05, 3.63) is 48.5 Å². The average Bonchev–Trinajstić information content (AvgIpc) is 2.92. The second-order valence-electron chi connectivity index (χ2n) is 4.81. The van der Waals surface area contributed by atoms with Gasteiger partial charge in [-0.05, 0) is 43.3 Å². The van der Waals surface area contributed by atoms with Crippen LogP contribution in [0.3, 0.4) is 0 Å². The van der Waals surface area contributed by atoms with E-state index in [0.717, 1.165) is 27.6 Å². The Kier molecular flexibility index (Phi) is 4.03. The summed E-state index contributed by atoms with van der Waals surface area (Å²) >= 11 is 1.46. The number of aromatic nitrogens is 2. The predicted molar refractivity (Wildman–Crippen MR) is 88.6 cm³/mol. The minimum Gasteiger partial charge on any atom is -0.497 e. The van der Waals surface area contributed by atoms with E-state index in [1.165, 1.54) is 11.8 Å². The molecule has 0 spiro atoms. The van der Waals surface area contributed by atoms with Gasteiger partial charge in [-0.25, -0.2) is 4.98 Å². The third-order valence-electron chi connectivity index (χ3n) is 3.32. The molecule has 0 amide bonds. The van der Waals surface area contributed by atoms with Crippen LogP contribution in [0, 0.1) is 11.3 Å². The van der Waals surface area contributed by atoms with Gasteiger partial charge in [0.05, 0.1) is 29.5 Å². The minimum absolute atomic E-state index is 0.159. The molecule has 0 radical (unpaired) electrons. The van der Waals surface area contributed by atoms with Gasteiger partial charge >= 0.3 is 0 Å². The molecule has 0 unspecified atom stereocenters. The van der Waals surface area contributed by atoms with Gasteiger partial charge in [0, 0.05) is 5.69 Å². The monoisotopic (exact) mass is 309 g/mol. The molecule has 3 rings (SSSR count). The first-order valence-corrected chi connectivity index (χ1v) is 7.79. The van der Waals surface area contributed by atoms with E-state index in [0.29, 0.717) is 0 Å². The van der Waals surface area contributed by atoms with Crippen molar-refractivity contribution < 1.29 is 4.74 Å². The summed E-state index contributed by atoms with van der Waals surface area (Å²) in [6.45, 7) is 1.88. The summed E-state index contributed by atoms with van der Waals surface area (Å²) in [7, 11) is 1.65. The first-order valence-electron chi connectivity index (χ1n) is 6.91. The molecule has 22 heavy (non-hydrogen) atoms. The molecule has 1 heterocycles. The lowest BCUT2D eigenvalue weighted by Gasteiger charge is -2.10. The van der Waals surface area contributed by atoms with Crippen LogP contribution in [-0.4, -0.2) is 21.9 Å². The Morgan fingerprint density at radius 1 is 1.18 bits per heavy atom. The summed E-state index contributed by atoms with van der Waals surface area (Å²) in [5.41, 5.74) is 2.95. The number of methoxy groups -OCH3 is 1. The van der Waals surface area contributed by atoms with Gasteiger partial charge < -0.3 is 4.74 Å². The van der Waals surface area contributed by atoms with E-state index in [1.54, 1.807) is 7.11 Å². The van der Waals surface area contributed by atoms with E-state index < -0.39 is 0 Å². The summed E-state index contributed by atoms with van der Waals surface area (Å²) in [6.07, 6.45) is 0. The molecule has 0 fully saturated rings. The number of thioether (sulfide) groups is 1. The molecular formula is C17H15N3OS. The van der Waals surface area contributed by atoms with Gasteiger partial charge in [-0.3, -0.25) is 4.57 Å². The minimum atomic E-state index is -0.159. The first kappa shape index (κ1) is 14.5. The highest BCUT2D eigenvalue weighted by Gasteiger charge is 2.15. The lowest BCUT2D eigenvalue weighted by Crippen LogP contribution is -1.99. The average molecular weight is 309 g/mol. The van der Waals surface area contributed by atoms with Crippen LogP contribution in [0.2, 0.25) is 0 Å². The Bertz CT molecular complexity index is 833. The van der Waals surface area contributed by atoms with Crippen molar-refractivity contribution in [2.75, 3.05) is 7.11 Å². The SMILES string of the molecule is COc1ccc(-n2c(S[C@@H](C)C#N)nc3ccccc32)cc1. The van der Waals surface area contributed by atoms with Crippen LogP contribution in [-0.2, 0) is 0 Å². The van der Waals surface area contributed by atoms with Crippen LogP contribution in [0.15, 0.2) is 53.7 Å². The van der Waals surface area contributed by atoms with Crippen molar-refractivity contribution >= 4 is 22.8 Å². The van der Waals surface area contributed by atoms with Crippen molar-refractivity contribution in [2.45, 2.75) is 17.3 Å². The molecule has 0 N–H and O–H groups in total. The van der Waals surface area contributed by atoms with Crippen molar-refractivity contribution in [1.82, 2.24) is 9.55 Å². The molecule has 2 aromatic carbocycles. The Morgan fingerprint density at radius 2 is 1.91 bits per heavy atom. The van der Waals surface area contributed by atoms with E-state index in [2.05, 4.69) is 15.6 Å². The molecule has 0 aliphatic rings. The normalized spacial score (nSPS) is 12.0. The maximum absolute atomic E-state index is 9.08. The first-order chi connectivity index (χ1) is 10.7. The van der Waals surface area contributed by atoms with Crippen LogP contribution in [0.5, 0.6) is 5.75 Å². The number of imidazole rings is 1. The maximum Gasteiger partial charge on any atom is 0.174 e. The topological polar surface area (TPSA) is 50.8 Å². The fourth-order valence-electron chi connectivity index (χ4n) is 2.25. The number of nitrogens with zero attached hydrogens (tertiary/aromatic N) is 3. The van der Waals surface area contributed by atoms with Crippen molar-refractivity contribution in [3.63, 3.8) is 0 Å². The lowest BCUT2D eigenvalue weighted by atomic mass is 10.2. The Hall–Kier alpha value is -2.45. The van der Waals surface area contributed by atoms with Crippen molar-refractivity contribution in [1.29, 1.82) is 5.26 Å². The van der Waals surface area contributed by atoms with E-state index in [4.69, 9.17) is 10.00 Å². The van der Waals surface area contributed by atoms with Gasteiger partial charge in [0.25, 0.3) is 0 Å². The number of fused-ring (bicyclic) bond motifs is 1. The Balaban J connectivity index is 2.16. The highest BCUT2D eigenvalue weighted by molar-refractivity contribution is 8.00. The van der Waals surface area contributed by atoms with Crippen LogP contribution in [0.1, 0.15) is 6.92 Å². The molecule has 0 aliphatic heterocycles. The number of rotatable bonds is 4. The maximum atomic E-state index is 9.08. The van der Waals surface area contributed by atoms with Crippen molar-refractivity contribution in [3.8, 4) is 17.5 Å². The summed E-state index contributed by atoms with van der Waals surface area (Å²) in [4.78, 5) is 4.66. The van der Waals surface area contributed by atoms with E-state index in [1.807, 2.05) is 55.5 Å². The molecular weight excluding hydrogens is 294 g/mol. The fourth-order valence-corrected chi connectivity index (χ4v) is 3.08.